The summed E-state index contributed by atoms with van der Waals surface area (Å²) in [6, 6.07) is 74.5. The highest BCUT2D eigenvalue weighted by molar-refractivity contribution is 6.27. The summed E-state index contributed by atoms with van der Waals surface area (Å²) in [7, 11) is 0. The van der Waals surface area contributed by atoms with Crippen LogP contribution in [0.15, 0.2) is 194 Å². The molecule has 0 radical (unpaired) electrons. The lowest BCUT2D eigenvalue weighted by molar-refractivity contribution is 0.591. The molecule has 0 heteroatoms. The Balaban J connectivity index is 1.06. The molecule has 0 amide bonds. The lowest BCUT2D eigenvalue weighted by atomic mass is 9.67. The quantitative estimate of drug-likeness (QED) is 0.156. The van der Waals surface area contributed by atoms with E-state index in [4.69, 9.17) is 0 Å². The van der Waals surface area contributed by atoms with Crippen molar-refractivity contribution in [2.75, 3.05) is 0 Å². The summed E-state index contributed by atoms with van der Waals surface area (Å²) in [5.74, 6) is 0. The summed E-state index contributed by atoms with van der Waals surface area (Å²) >= 11 is 0. The number of hydrogen-bond acceptors (Lipinski definition) is 0. The zero-order valence-electron chi connectivity index (χ0n) is 35.5. The van der Waals surface area contributed by atoms with Crippen molar-refractivity contribution >= 4 is 64.6 Å². The van der Waals surface area contributed by atoms with Crippen molar-refractivity contribution in [3.8, 4) is 33.4 Å². The maximum absolute atomic E-state index is 2.52. The first kappa shape index (κ1) is 35.5. The van der Waals surface area contributed by atoms with E-state index < -0.39 is 5.41 Å². The monoisotopic (exact) mass is 788 g/mol. The van der Waals surface area contributed by atoms with Gasteiger partial charge in [0.05, 0.1) is 5.41 Å². The smallest absolute Gasteiger partial charge is 0.0622 e. The van der Waals surface area contributed by atoms with Gasteiger partial charge in [-0.1, -0.05) is 203 Å². The fourth-order valence-corrected chi connectivity index (χ4v) is 11.6. The van der Waals surface area contributed by atoms with Crippen LogP contribution in [0, 0.1) is 6.92 Å². The molecular weight excluding hydrogens is 745 g/mol. The van der Waals surface area contributed by atoms with Gasteiger partial charge in [-0.05, 0) is 156 Å². The van der Waals surface area contributed by atoms with Crippen molar-refractivity contribution in [1.82, 2.24) is 0 Å². The molecule has 0 saturated heterocycles. The zero-order chi connectivity index (χ0) is 41.5. The molecule has 0 nitrogen and oxygen atoms in total. The number of rotatable bonds is 4. The van der Waals surface area contributed by atoms with E-state index in [2.05, 4.69) is 222 Å². The molecule has 0 heterocycles. The first-order valence-corrected chi connectivity index (χ1v) is 22.1. The van der Waals surface area contributed by atoms with Crippen molar-refractivity contribution in [2.45, 2.75) is 38.5 Å². The minimum Gasteiger partial charge on any atom is -0.0622 e. The molecule has 0 unspecified atom stereocenters. The third-order valence-corrected chi connectivity index (χ3v) is 14.4. The molecule has 0 fully saturated rings. The molecule has 0 N–H and O–H groups in total. The van der Waals surface area contributed by atoms with E-state index in [1.807, 2.05) is 0 Å². The van der Waals surface area contributed by atoms with Crippen molar-refractivity contribution in [3.05, 3.63) is 228 Å². The second-order valence-corrected chi connectivity index (χ2v) is 18.9. The van der Waals surface area contributed by atoms with E-state index in [0.717, 1.165) is 0 Å². The van der Waals surface area contributed by atoms with Gasteiger partial charge in [-0.2, -0.15) is 0 Å². The fraction of sp³-hybridized carbons (Fsp3) is 0.0968. The van der Waals surface area contributed by atoms with Crippen LogP contribution < -0.4 is 0 Å². The van der Waals surface area contributed by atoms with E-state index >= 15 is 0 Å². The molecule has 0 aliphatic heterocycles. The van der Waals surface area contributed by atoms with Gasteiger partial charge in [0.15, 0.2) is 0 Å². The average Bonchev–Trinajstić information content (AvgIpc) is 3.59. The average molecular weight is 789 g/mol. The van der Waals surface area contributed by atoms with Crippen molar-refractivity contribution < 1.29 is 0 Å². The summed E-state index contributed by atoms with van der Waals surface area (Å²) in [4.78, 5) is 0. The maximum Gasteiger partial charge on any atom is 0.0713 e. The van der Waals surface area contributed by atoms with Gasteiger partial charge in [0.25, 0.3) is 0 Å². The first-order valence-electron chi connectivity index (χ1n) is 22.1. The van der Waals surface area contributed by atoms with Gasteiger partial charge < -0.3 is 0 Å². The van der Waals surface area contributed by atoms with Gasteiger partial charge in [-0.15, -0.1) is 0 Å². The van der Waals surface area contributed by atoms with Crippen LogP contribution in [0.2, 0.25) is 0 Å². The molecule has 292 valence electrons. The molecule has 1 aliphatic rings. The summed E-state index contributed by atoms with van der Waals surface area (Å²) in [6.07, 6.45) is 0. The summed E-state index contributed by atoms with van der Waals surface area (Å²) in [5.41, 5.74) is 15.0. The van der Waals surface area contributed by atoms with Crippen LogP contribution in [0.4, 0.5) is 0 Å². The van der Waals surface area contributed by atoms with E-state index in [9.17, 15) is 0 Å². The second-order valence-electron chi connectivity index (χ2n) is 18.9. The fourth-order valence-electron chi connectivity index (χ4n) is 11.6. The maximum atomic E-state index is 2.52. The van der Waals surface area contributed by atoms with E-state index in [0.29, 0.717) is 0 Å². The molecule has 0 saturated carbocycles. The van der Waals surface area contributed by atoms with Gasteiger partial charge in [0, 0.05) is 0 Å². The number of benzene rings is 12. The highest BCUT2D eigenvalue weighted by Crippen LogP contribution is 2.58. The Kier molecular flexibility index (Phi) is 7.23. The normalized spacial score (nSPS) is 13.6. The molecular formula is C62H44. The Morgan fingerprint density at radius 2 is 0.726 bits per heavy atom. The van der Waals surface area contributed by atoms with Crippen molar-refractivity contribution in [1.29, 1.82) is 0 Å². The second kappa shape index (κ2) is 12.6. The third-order valence-electron chi connectivity index (χ3n) is 14.4. The Hall–Kier alpha value is -7.28. The number of hydrogen-bond donors (Lipinski definition) is 0. The molecule has 0 aromatic heterocycles. The van der Waals surface area contributed by atoms with E-state index in [1.54, 1.807) is 0 Å². The molecule has 0 atom stereocenters. The van der Waals surface area contributed by atoms with Gasteiger partial charge >= 0.3 is 0 Å². The Morgan fingerprint density at radius 3 is 1.18 bits per heavy atom. The van der Waals surface area contributed by atoms with Crippen LogP contribution in [0.5, 0.6) is 0 Å². The lowest BCUT2D eigenvalue weighted by Crippen LogP contribution is -2.28. The molecule has 13 rings (SSSR count). The first-order chi connectivity index (χ1) is 30.3. The molecule has 0 bridgehead atoms. The van der Waals surface area contributed by atoms with Gasteiger partial charge in [0.1, 0.15) is 0 Å². The zero-order valence-corrected chi connectivity index (χ0v) is 35.5. The topological polar surface area (TPSA) is 0 Å². The predicted octanol–water partition coefficient (Wildman–Crippen LogP) is 16.8. The minimum atomic E-state index is -0.548. The molecule has 1 aliphatic carbocycles. The third kappa shape index (κ3) is 4.84. The standard InChI is InChI=1S/C62H44/c1-37-31-42-17-15-38-19-25-49(53-29-23-43(32-37)57(42)59(38)53)40-21-27-51-52-28-22-41(36-56(52)62(55(51)35-40,46-11-7-5-8-12-46)47-13-9-6-10-14-47)50-26-20-39-16-18-44-33-48(61(2,3)4)34-45-24-30-54(50)60(39)58(44)45/h5-36H,1-4H3. The van der Waals surface area contributed by atoms with Crippen molar-refractivity contribution in [3.63, 3.8) is 0 Å². The Labute approximate surface area is 362 Å². The van der Waals surface area contributed by atoms with Crippen LogP contribution in [-0.4, -0.2) is 0 Å². The van der Waals surface area contributed by atoms with Crippen LogP contribution >= 0.6 is 0 Å². The van der Waals surface area contributed by atoms with Crippen LogP contribution in [-0.2, 0) is 10.8 Å². The molecule has 62 heavy (non-hydrogen) atoms. The van der Waals surface area contributed by atoms with E-state index in [1.165, 1.54) is 131 Å². The van der Waals surface area contributed by atoms with Gasteiger partial charge in [0.2, 0.25) is 0 Å². The summed E-state index contributed by atoms with van der Waals surface area (Å²) < 4.78 is 0. The summed E-state index contributed by atoms with van der Waals surface area (Å²) in [5, 5.41) is 15.9. The molecule has 0 spiro atoms. The minimum absolute atomic E-state index is 0.0730. The highest BCUT2D eigenvalue weighted by atomic mass is 14.5. The van der Waals surface area contributed by atoms with Crippen LogP contribution in [0.25, 0.3) is 98.0 Å². The Bertz CT molecular complexity index is 3690. The largest absolute Gasteiger partial charge is 0.0713 e. The predicted molar refractivity (Wildman–Crippen MR) is 265 cm³/mol. The SMILES string of the molecule is Cc1cc2ccc3ccc(-c4ccc5c(c4)C(c4ccccc4)(c4ccccc4)c4cc(-c6ccc7ccc8cc(C(C)(C)C)cc9ccc6c7c89)ccc4-5)c4ccc(c1)c2c34. The van der Waals surface area contributed by atoms with Gasteiger partial charge in [-0.25, -0.2) is 0 Å². The van der Waals surface area contributed by atoms with Crippen molar-refractivity contribution in [2.24, 2.45) is 0 Å². The lowest BCUT2D eigenvalue weighted by Gasteiger charge is -2.34. The van der Waals surface area contributed by atoms with E-state index in [-0.39, 0.29) is 5.41 Å². The molecule has 12 aromatic carbocycles. The van der Waals surface area contributed by atoms with Gasteiger partial charge in [-0.3, -0.25) is 0 Å². The number of fused-ring (bicyclic) bond motifs is 3. The molecule has 12 aromatic rings. The van der Waals surface area contributed by atoms with Crippen LogP contribution in [0.1, 0.15) is 54.2 Å². The summed E-state index contributed by atoms with van der Waals surface area (Å²) in [6.45, 7) is 9.13. The number of aryl methyl sites for hydroxylation is 1. The van der Waals surface area contributed by atoms with Crippen LogP contribution in [0.3, 0.4) is 0 Å². The Morgan fingerprint density at radius 1 is 0.339 bits per heavy atom. The highest BCUT2D eigenvalue weighted by Gasteiger charge is 2.46.